The molecule has 3 N–H and O–H groups in total. The van der Waals surface area contributed by atoms with Crippen LogP contribution >= 0.6 is 0 Å². The number of rotatable bonds is 5. The minimum Gasteiger partial charge on any atom is -0.280 e. The molecule has 0 heterocycles. The number of nitrogens with one attached hydrogen (secondary N) is 3. The highest BCUT2D eigenvalue weighted by atomic mass is 32.2. The highest BCUT2D eigenvalue weighted by molar-refractivity contribution is 7.92. The van der Waals surface area contributed by atoms with Crippen LogP contribution < -0.4 is 15.6 Å². The summed E-state index contributed by atoms with van der Waals surface area (Å²) in [6.07, 6.45) is 0. The molecule has 8 heteroatoms. The molecule has 0 atom stereocenters. The first-order valence-electron chi connectivity index (χ1n) is 7.58. The van der Waals surface area contributed by atoms with Gasteiger partial charge >= 0.3 is 0 Å². The Morgan fingerprint density at radius 3 is 2.24 bits per heavy atom. The van der Waals surface area contributed by atoms with E-state index < -0.39 is 15.9 Å². The van der Waals surface area contributed by atoms with E-state index in [9.17, 15) is 18.0 Å². The molecule has 0 aliphatic carbocycles. The first-order chi connectivity index (χ1) is 11.8. The summed E-state index contributed by atoms with van der Waals surface area (Å²) < 4.78 is 27.0. The van der Waals surface area contributed by atoms with Gasteiger partial charge in [-0.2, -0.15) is 0 Å². The molecule has 0 aromatic heterocycles. The van der Waals surface area contributed by atoms with Crippen LogP contribution in [0.1, 0.15) is 24.2 Å². The summed E-state index contributed by atoms with van der Waals surface area (Å²) in [5.74, 6) is -1.15. The molecule has 0 fully saturated rings. The Morgan fingerprint density at radius 1 is 0.920 bits per heavy atom. The lowest BCUT2D eigenvalue weighted by atomic mass is 10.2. The van der Waals surface area contributed by atoms with Gasteiger partial charge < -0.3 is 0 Å². The van der Waals surface area contributed by atoms with E-state index in [2.05, 4.69) is 15.6 Å². The zero-order valence-corrected chi connectivity index (χ0v) is 14.6. The fourth-order valence-electron chi connectivity index (χ4n) is 1.87. The van der Waals surface area contributed by atoms with Crippen molar-refractivity contribution in [2.75, 3.05) is 4.72 Å². The quantitative estimate of drug-likeness (QED) is 0.708. The van der Waals surface area contributed by atoms with Crippen molar-refractivity contribution in [1.82, 2.24) is 10.9 Å². The molecular formula is C17H19N3O4S. The second-order valence-electron chi connectivity index (χ2n) is 5.60. The van der Waals surface area contributed by atoms with Crippen molar-refractivity contribution < 1.29 is 18.0 Å². The molecular weight excluding hydrogens is 342 g/mol. The maximum atomic E-state index is 12.3. The molecule has 0 spiro atoms. The van der Waals surface area contributed by atoms with Gasteiger partial charge in [0.25, 0.3) is 15.9 Å². The molecule has 0 saturated carbocycles. The number of amides is 2. The SMILES string of the molecule is CC(C)C(=O)NNC(=O)c1cccc(NS(=O)(=O)c2ccccc2)c1. The van der Waals surface area contributed by atoms with Gasteiger partial charge in [0.15, 0.2) is 0 Å². The van der Waals surface area contributed by atoms with E-state index in [4.69, 9.17) is 0 Å². The smallest absolute Gasteiger partial charge is 0.269 e. The van der Waals surface area contributed by atoms with Crippen molar-refractivity contribution in [3.8, 4) is 0 Å². The molecule has 2 aromatic rings. The maximum Gasteiger partial charge on any atom is 0.269 e. The maximum absolute atomic E-state index is 12.3. The van der Waals surface area contributed by atoms with Crippen LogP contribution in [0.3, 0.4) is 0 Å². The van der Waals surface area contributed by atoms with Crippen LogP contribution in [0.15, 0.2) is 59.5 Å². The number of anilines is 1. The fraction of sp³-hybridized carbons (Fsp3) is 0.176. The number of hydrogen-bond acceptors (Lipinski definition) is 4. The average molecular weight is 361 g/mol. The van der Waals surface area contributed by atoms with Crippen molar-refractivity contribution in [2.45, 2.75) is 18.7 Å². The van der Waals surface area contributed by atoms with Crippen molar-refractivity contribution in [1.29, 1.82) is 0 Å². The topological polar surface area (TPSA) is 104 Å². The fourth-order valence-corrected chi connectivity index (χ4v) is 2.94. The molecule has 132 valence electrons. The first-order valence-corrected chi connectivity index (χ1v) is 9.06. The molecule has 0 unspecified atom stereocenters. The van der Waals surface area contributed by atoms with Crippen LogP contribution in [-0.2, 0) is 14.8 Å². The Morgan fingerprint density at radius 2 is 1.60 bits per heavy atom. The van der Waals surface area contributed by atoms with Crippen LogP contribution in [0.5, 0.6) is 0 Å². The van der Waals surface area contributed by atoms with E-state index in [1.54, 1.807) is 38.1 Å². The predicted molar refractivity (Wildman–Crippen MR) is 94.1 cm³/mol. The summed E-state index contributed by atoms with van der Waals surface area (Å²) in [5.41, 5.74) is 5.03. The largest absolute Gasteiger partial charge is 0.280 e. The minimum atomic E-state index is -3.74. The Bertz CT molecular complexity index is 864. The van der Waals surface area contributed by atoms with Crippen molar-refractivity contribution in [3.63, 3.8) is 0 Å². The normalized spacial score (nSPS) is 11.0. The van der Waals surface area contributed by atoms with Gasteiger partial charge in [0.1, 0.15) is 0 Å². The Balaban J connectivity index is 2.11. The van der Waals surface area contributed by atoms with E-state index >= 15 is 0 Å². The van der Waals surface area contributed by atoms with E-state index in [0.717, 1.165) is 0 Å². The third-order valence-electron chi connectivity index (χ3n) is 3.25. The van der Waals surface area contributed by atoms with E-state index in [1.165, 1.54) is 30.3 Å². The third kappa shape index (κ3) is 5.05. The van der Waals surface area contributed by atoms with Crippen LogP contribution in [-0.4, -0.2) is 20.2 Å². The summed E-state index contributed by atoms with van der Waals surface area (Å²) in [6, 6.07) is 13.9. The number of benzene rings is 2. The van der Waals surface area contributed by atoms with Crippen molar-refractivity contribution in [2.24, 2.45) is 5.92 Å². The highest BCUT2D eigenvalue weighted by Crippen LogP contribution is 2.17. The van der Waals surface area contributed by atoms with Gasteiger partial charge in [0, 0.05) is 17.2 Å². The number of hydrazine groups is 1. The van der Waals surface area contributed by atoms with Gasteiger partial charge in [-0.3, -0.25) is 25.2 Å². The number of sulfonamides is 1. The van der Waals surface area contributed by atoms with Gasteiger partial charge in [-0.25, -0.2) is 8.42 Å². The molecule has 0 radical (unpaired) electrons. The number of carbonyl (C=O) groups is 2. The summed E-state index contributed by atoms with van der Waals surface area (Å²) in [4.78, 5) is 23.6. The monoisotopic (exact) mass is 361 g/mol. The van der Waals surface area contributed by atoms with E-state index in [1.807, 2.05) is 0 Å². The van der Waals surface area contributed by atoms with Crippen molar-refractivity contribution in [3.05, 3.63) is 60.2 Å². The van der Waals surface area contributed by atoms with Gasteiger partial charge in [-0.1, -0.05) is 38.1 Å². The summed E-state index contributed by atoms with van der Waals surface area (Å²) >= 11 is 0. The lowest BCUT2D eigenvalue weighted by molar-refractivity contribution is -0.124. The molecule has 0 bridgehead atoms. The molecule has 0 aliphatic rings. The molecule has 25 heavy (non-hydrogen) atoms. The molecule has 2 rings (SSSR count). The highest BCUT2D eigenvalue weighted by Gasteiger charge is 2.15. The minimum absolute atomic E-state index is 0.119. The summed E-state index contributed by atoms with van der Waals surface area (Å²) in [6.45, 7) is 3.39. The third-order valence-corrected chi connectivity index (χ3v) is 4.65. The summed E-state index contributed by atoms with van der Waals surface area (Å²) in [5, 5.41) is 0. The van der Waals surface area contributed by atoms with Crippen LogP contribution in [0.4, 0.5) is 5.69 Å². The zero-order chi connectivity index (χ0) is 18.4. The van der Waals surface area contributed by atoms with Crippen LogP contribution in [0.25, 0.3) is 0 Å². The Labute approximate surface area is 146 Å². The lowest BCUT2D eigenvalue weighted by Gasteiger charge is -2.11. The number of hydrogen-bond donors (Lipinski definition) is 3. The molecule has 0 saturated heterocycles. The Hall–Kier alpha value is -2.87. The predicted octanol–water partition coefficient (Wildman–Crippen LogP) is 1.90. The summed E-state index contributed by atoms with van der Waals surface area (Å²) in [7, 11) is -3.74. The lowest BCUT2D eigenvalue weighted by Crippen LogP contribution is -2.43. The van der Waals surface area contributed by atoms with Gasteiger partial charge in [0.05, 0.1) is 4.90 Å². The second kappa shape index (κ2) is 7.80. The molecule has 2 amide bonds. The van der Waals surface area contributed by atoms with Gasteiger partial charge in [-0.15, -0.1) is 0 Å². The van der Waals surface area contributed by atoms with Gasteiger partial charge in [-0.05, 0) is 30.3 Å². The Kier molecular flexibility index (Phi) is 5.76. The van der Waals surface area contributed by atoms with Gasteiger partial charge in [0.2, 0.25) is 5.91 Å². The zero-order valence-electron chi connectivity index (χ0n) is 13.8. The molecule has 0 aliphatic heterocycles. The number of carbonyl (C=O) groups excluding carboxylic acids is 2. The van der Waals surface area contributed by atoms with E-state index in [0.29, 0.717) is 0 Å². The molecule has 7 nitrogen and oxygen atoms in total. The van der Waals surface area contributed by atoms with E-state index in [-0.39, 0.29) is 28.0 Å². The van der Waals surface area contributed by atoms with Crippen molar-refractivity contribution >= 4 is 27.5 Å². The first kappa shape index (κ1) is 18.5. The van der Waals surface area contributed by atoms with Crippen LogP contribution in [0, 0.1) is 5.92 Å². The second-order valence-corrected chi connectivity index (χ2v) is 7.28. The standard InChI is InChI=1S/C17H19N3O4S/c1-12(2)16(21)18-19-17(22)13-7-6-8-14(11-13)20-25(23,24)15-9-4-3-5-10-15/h3-12,20H,1-2H3,(H,18,21)(H,19,22). The average Bonchev–Trinajstić information content (AvgIpc) is 2.59. The molecule has 2 aromatic carbocycles. The van der Waals surface area contributed by atoms with Crippen LogP contribution in [0.2, 0.25) is 0 Å².